The molecular formula is C16H14. The second-order valence-corrected chi connectivity index (χ2v) is 4.27. The molecule has 78 valence electrons. The lowest BCUT2D eigenvalue weighted by molar-refractivity contribution is 1.40. The van der Waals surface area contributed by atoms with Crippen LogP contribution in [0.25, 0.3) is 11.6 Å². The molecule has 2 aliphatic carbocycles. The summed E-state index contributed by atoms with van der Waals surface area (Å²) in [6.07, 6.45) is 12.0. The highest BCUT2D eigenvalue weighted by Crippen LogP contribution is 2.36. The van der Waals surface area contributed by atoms with Crippen molar-refractivity contribution in [1.82, 2.24) is 0 Å². The van der Waals surface area contributed by atoms with Crippen LogP contribution in [0, 0.1) is 0 Å². The molecule has 2 aliphatic rings. The summed E-state index contributed by atoms with van der Waals surface area (Å²) >= 11 is 0. The maximum Gasteiger partial charge on any atom is -0.00793 e. The Labute approximate surface area is 96.3 Å². The first kappa shape index (κ1) is 9.41. The topological polar surface area (TPSA) is 0 Å². The molecule has 1 aromatic rings. The molecule has 0 saturated carbocycles. The van der Waals surface area contributed by atoms with Gasteiger partial charge in [0.1, 0.15) is 0 Å². The van der Waals surface area contributed by atoms with Crippen molar-refractivity contribution >= 4 is 11.6 Å². The van der Waals surface area contributed by atoms with E-state index < -0.39 is 0 Å². The van der Waals surface area contributed by atoms with Crippen LogP contribution in [0.15, 0.2) is 59.7 Å². The van der Waals surface area contributed by atoms with E-state index in [1.807, 2.05) is 0 Å². The van der Waals surface area contributed by atoms with Gasteiger partial charge in [-0.1, -0.05) is 54.6 Å². The molecule has 0 fully saturated rings. The normalized spacial score (nSPS) is 19.7. The van der Waals surface area contributed by atoms with Crippen molar-refractivity contribution in [2.24, 2.45) is 0 Å². The summed E-state index contributed by atoms with van der Waals surface area (Å²) in [5.41, 5.74) is 6.97. The largest absolute Gasteiger partial charge is 0.0726 e. The molecule has 0 atom stereocenters. The Morgan fingerprint density at radius 2 is 1.81 bits per heavy atom. The van der Waals surface area contributed by atoms with Gasteiger partial charge in [0.05, 0.1) is 0 Å². The van der Waals surface area contributed by atoms with Crippen LogP contribution in [0.1, 0.15) is 24.5 Å². The monoisotopic (exact) mass is 206 g/mol. The molecule has 0 spiro atoms. The zero-order chi connectivity index (χ0) is 11.0. The summed E-state index contributed by atoms with van der Waals surface area (Å²) in [7, 11) is 0. The maximum absolute atomic E-state index is 2.32. The second-order valence-electron chi connectivity index (χ2n) is 4.27. The van der Waals surface area contributed by atoms with Crippen LogP contribution in [0.4, 0.5) is 0 Å². The molecule has 0 amide bonds. The van der Waals surface area contributed by atoms with Gasteiger partial charge in [-0.2, -0.15) is 0 Å². The molecule has 0 aliphatic heterocycles. The van der Waals surface area contributed by atoms with E-state index in [2.05, 4.69) is 61.6 Å². The number of allylic oxidation sites excluding steroid dienone is 7. The van der Waals surface area contributed by atoms with E-state index in [1.54, 1.807) is 0 Å². The minimum atomic E-state index is 1.07. The number of fused-ring (bicyclic) bond motifs is 3. The first-order valence-corrected chi connectivity index (χ1v) is 5.71. The fraction of sp³-hybridized carbons (Fsp3) is 0.125. The van der Waals surface area contributed by atoms with Crippen molar-refractivity contribution in [2.45, 2.75) is 13.3 Å². The summed E-state index contributed by atoms with van der Waals surface area (Å²) < 4.78 is 0. The van der Waals surface area contributed by atoms with E-state index >= 15 is 0 Å². The van der Waals surface area contributed by atoms with Crippen molar-refractivity contribution in [3.05, 3.63) is 70.8 Å². The van der Waals surface area contributed by atoms with Crippen molar-refractivity contribution in [1.29, 1.82) is 0 Å². The molecule has 0 radical (unpaired) electrons. The summed E-state index contributed by atoms with van der Waals surface area (Å²) in [6.45, 7) is 2.22. The molecule has 0 saturated heterocycles. The second kappa shape index (κ2) is 3.64. The van der Waals surface area contributed by atoms with Gasteiger partial charge < -0.3 is 0 Å². The number of hydrogen-bond donors (Lipinski definition) is 0. The number of benzene rings is 1. The fourth-order valence-electron chi connectivity index (χ4n) is 2.43. The van der Waals surface area contributed by atoms with Gasteiger partial charge in [-0.25, -0.2) is 0 Å². The van der Waals surface area contributed by atoms with Crippen LogP contribution in [0.2, 0.25) is 0 Å². The molecular weight excluding hydrogens is 192 g/mol. The van der Waals surface area contributed by atoms with Crippen molar-refractivity contribution in [3.63, 3.8) is 0 Å². The summed E-state index contributed by atoms with van der Waals surface area (Å²) in [5.74, 6) is 0. The lowest BCUT2D eigenvalue weighted by Crippen LogP contribution is -1.88. The predicted molar refractivity (Wildman–Crippen MR) is 69.9 cm³/mol. The van der Waals surface area contributed by atoms with Crippen LogP contribution in [-0.2, 0) is 0 Å². The van der Waals surface area contributed by atoms with E-state index in [1.165, 1.54) is 27.8 Å². The zero-order valence-electron chi connectivity index (χ0n) is 9.40. The Hall–Kier alpha value is -1.82. The minimum Gasteiger partial charge on any atom is -0.0726 e. The Morgan fingerprint density at radius 1 is 1.00 bits per heavy atom. The van der Waals surface area contributed by atoms with E-state index in [4.69, 9.17) is 0 Å². The van der Waals surface area contributed by atoms with Gasteiger partial charge >= 0.3 is 0 Å². The van der Waals surface area contributed by atoms with Crippen molar-refractivity contribution in [2.75, 3.05) is 0 Å². The molecule has 0 heteroatoms. The van der Waals surface area contributed by atoms with Crippen molar-refractivity contribution in [3.8, 4) is 0 Å². The van der Waals surface area contributed by atoms with E-state index in [0.29, 0.717) is 0 Å². The van der Waals surface area contributed by atoms with Crippen LogP contribution in [0.5, 0.6) is 0 Å². The average Bonchev–Trinajstić information content (AvgIpc) is 2.70. The van der Waals surface area contributed by atoms with Gasteiger partial charge in [0.2, 0.25) is 0 Å². The van der Waals surface area contributed by atoms with Gasteiger partial charge in [0.25, 0.3) is 0 Å². The Morgan fingerprint density at radius 3 is 2.75 bits per heavy atom. The molecule has 0 unspecified atom stereocenters. The van der Waals surface area contributed by atoms with Gasteiger partial charge in [0, 0.05) is 0 Å². The molecule has 0 N–H and O–H groups in total. The third-order valence-corrected chi connectivity index (χ3v) is 3.36. The fourth-order valence-corrected chi connectivity index (χ4v) is 2.43. The molecule has 0 heterocycles. The Balaban J connectivity index is 2.27. The first-order valence-electron chi connectivity index (χ1n) is 5.71. The third kappa shape index (κ3) is 1.38. The molecule has 1 aromatic carbocycles. The van der Waals surface area contributed by atoms with Crippen molar-refractivity contribution < 1.29 is 0 Å². The Kier molecular flexibility index (Phi) is 2.14. The van der Waals surface area contributed by atoms with E-state index in [0.717, 1.165) is 6.42 Å². The molecule has 3 rings (SSSR count). The first-order chi connectivity index (χ1) is 7.86. The number of rotatable bonds is 0. The summed E-state index contributed by atoms with van der Waals surface area (Å²) in [5, 5.41) is 0. The lowest BCUT2D eigenvalue weighted by Gasteiger charge is -2.08. The van der Waals surface area contributed by atoms with Gasteiger partial charge in [-0.3, -0.25) is 0 Å². The van der Waals surface area contributed by atoms with Gasteiger partial charge in [-0.05, 0) is 41.2 Å². The van der Waals surface area contributed by atoms with Gasteiger partial charge in [0.15, 0.2) is 0 Å². The minimum absolute atomic E-state index is 1.07. The summed E-state index contributed by atoms with van der Waals surface area (Å²) in [4.78, 5) is 0. The summed E-state index contributed by atoms with van der Waals surface area (Å²) in [6, 6.07) is 8.63. The quantitative estimate of drug-likeness (QED) is 0.591. The van der Waals surface area contributed by atoms with Crippen LogP contribution >= 0.6 is 0 Å². The van der Waals surface area contributed by atoms with E-state index in [9.17, 15) is 0 Å². The molecule has 0 aromatic heterocycles. The molecule has 16 heavy (non-hydrogen) atoms. The smallest absolute Gasteiger partial charge is 0.00793 e. The highest BCUT2D eigenvalue weighted by Gasteiger charge is 2.15. The van der Waals surface area contributed by atoms with Crippen LogP contribution in [0.3, 0.4) is 0 Å². The molecule has 0 nitrogen and oxygen atoms in total. The Bertz CT molecular complexity index is 551. The SMILES string of the molecule is CC1=C2CC=C1/C=C\C=Cc1ccccc12. The standard InChI is InChI=1S/C16H14/c1-12-13-6-2-3-7-14-8-4-5-9-16(14)15(12)11-10-13/h2-10H,11H2,1H3/b6-2-,7-3?. The zero-order valence-corrected chi connectivity index (χ0v) is 9.40. The predicted octanol–water partition coefficient (Wildman–Crippen LogP) is 4.37. The highest BCUT2D eigenvalue weighted by molar-refractivity contribution is 5.83. The third-order valence-electron chi connectivity index (χ3n) is 3.36. The average molecular weight is 206 g/mol. The number of hydrogen-bond acceptors (Lipinski definition) is 0. The molecule has 2 bridgehead atoms. The van der Waals surface area contributed by atoms with Crippen LogP contribution < -0.4 is 0 Å². The van der Waals surface area contributed by atoms with Gasteiger partial charge in [-0.15, -0.1) is 0 Å². The van der Waals surface area contributed by atoms with E-state index in [-0.39, 0.29) is 0 Å². The maximum atomic E-state index is 2.32. The lowest BCUT2D eigenvalue weighted by atomic mass is 9.96. The van der Waals surface area contributed by atoms with Crippen LogP contribution in [-0.4, -0.2) is 0 Å². The highest BCUT2D eigenvalue weighted by atomic mass is 14.2.